The Bertz CT molecular complexity index is 805. The smallest absolute Gasteiger partial charge is 0.0939 e. The van der Waals surface area contributed by atoms with Crippen molar-refractivity contribution in [2.75, 3.05) is 31.9 Å². The molecule has 3 heterocycles. The second-order valence-corrected chi connectivity index (χ2v) is 11.0. The lowest BCUT2D eigenvalue weighted by molar-refractivity contribution is -0.323. The van der Waals surface area contributed by atoms with Crippen LogP contribution >= 0.6 is 11.8 Å². The van der Waals surface area contributed by atoms with Crippen LogP contribution < -0.4 is 10.6 Å². The van der Waals surface area contributed by atoms with Crippen LogP contribution in [-0.2, 0) is 18.5 Å². The van der Waals surface area contributed by atoms with Crippen LogP contribution in [0.3, 0.4) is 0 Å². The van der Waals surface area contributed by atoms with E-state index in [-0.39, 0.29) is 39.3 Å². The predicted octanol–water partition coefficient (Wildman–Crippen LogP) is 3.89. The second kappa shape index (κ2) is 20.4. The van der Waals surface area contributed by atoms with E-state index in [1.54, 1.807) is 0 Å². The molecule has 1 saturated carbocycles. The Hall–Kier alpha value is -1.50. The number of likely N-dealkylation sites (tertiary alicyclic amines) is 1. The number of piperazine rings is 1. The number of hydrogen-bond donors (Lipinski definition) is 3. The third-order valence-electron chi connectivity index (χ3n) is 6.30. The number of hydrogen-bond acceptors (Lipinski definition) is 7. The first-order valence-corrected chi connectivity index (χ1v) is 13.0. The number of nitrogens with zero attached hydrogens (tertiary/aromatic N) is 3. The van der Waals surface area contributed by atoms with Gasteiger partial charge in [0.1, 0.15) is 0 Å². The van der Waals surface area contributed by atoms with Gasteiger partial charge in [0.05, 0.1) is 12.3 Å². The van der Waals surface area contributed by atoms with Crippen LogP contribution in [0.1, 0.15) is 61.5 Å². The van der Waals surface area contributed by atoms with Gasteiger partial charge in [0, 0.05) is 68.4 Å². The number of aryl methyl sites for hydroxylation is 1. The van der Waals surface area contributed by atoms with Crippen molar-refractivity contribution in [3.63, 3.8) is 0 Å². The first kappa shape index (κ1) is 41.0. The number of thioether (sulfide) groups is 1. The molecule has 2 saturated heterocycles. The molecule has 9 nitrogen and oxygen atoms in total. The molecule has 1 spiro atoms. The fourth-order valence-electron chi connectivity index (χ4n) is 4.85. The highest BCUT2D eigenvalue weighted by molar-refractivity contribution is 7.99. The summed E-state index contributed by atoms with van der Waals surface area (Å²) in [5, 5.41) is 19.3. The maximum atomic E-state index is 8.53. The van der Waals surface area contributed by atoms with Crippen molar-refractivity contribution in [3.8, 4) is 0 Å². The summed E-state index contributed by atoms with van der Waals surface area (Å²) in [6, 6.07) is 11.9. The SMILES string of the molecule is C.C.C.CCSc1cnn(C)c1.C[C@@H]1CNC[C@H](C)N1.O.O.OOC1CC2(C1)CN(Cc1ccccc1)C2. The van der Waals surface area contributed by atoms with Gasteiger partial charge in [0.15, 0.2) is 0 Å². The Labute approximate surface area is 236 Å². The summed E-state index contributed by atoms with van der Waals surface area (Å²) in [7, 11) is 1.93. The van der Waals surface area contributed by atoms with E-state index in [2.05, 4.69) is 76.6 Å². The topological polar surface area (TPSA) is 138 Å². The molecule has 0 amide bonds. The third kappa shape index (κ3) is 13.0. The summed E-state index contributed by atoms with van der Waals surface area (Å²) in [5.41, 5.74) is 1.84. The van der Waals surface area contributed by atoms with E-state index in [9.17, 15) is 0 Å². The lowest BCUT2D eigenvalue weighted by Gasteiger charge is -2.58. The van der Waals surface area contributed by atoms with Crippen LogP contribution in [0.4, 0.5) is 0 Å². The largest absolute Gasteiger partial charge is 0.412 e. The number of nitrogens with one attached hydrogen (secondary N) is 2. The number of benzene rings is 1. The summed E-state index contributed by atoms with van der Waals surface area (Å²) in [4.78, 5) is 8.06. The Kier molecular flexibility index (Phi) is 22.0. The highest BCUT2D eigenvalue weighted by Gasteiger charge is 2.52. The lowest BCUT2D eigenvalue weighted by atomic mass is 9.62. The van der Waals surface area contributed by atoms with Gasteiger partial charge in [-0.15, -0.1) is 11.8 Å². The summed E-state index contributed by atoms with van der Waals surface area (Å²) < 4.78 is 1.82. The zero-order chi connectivity index (χ0) is 23.7. The molecule has 1 aliphatic carbocycles. The van der Waals surface area contributed by atoms with E-state index in [1.807, 2.05) is 35.9 Å². The van der Waals surface area contributed by atoms with Crippen molar-refractivity contribution in [2.24, 2.45) is 12.5 Å². The molecule has 5 rings (SSSR count). The molecule has 3 aliphatic rings. The van der Waals surface area contributed by atoms with Crippen LogP contribution in [0.25, 0.3) is 0 Å². The summed E-state index contributed by atoms with van der Waals surface area (Å²) >= 11 is 1.81. The maximum absolute atomic E-state index is 8.53. The van der Waals surface area contributed by atoms with Crippen LogP contribution in [-0.4, -0.2) is 81.0 Å². The summed E-state index contributed by atoms with van der Waals surface area (Å²) in [6.45, 7) is 12.1. The Morgan fingerprint density at radius 3 is 2.05 bits per heavy atom. The monoisotopic (exact) mass is 559 g/mol. The van der Waals surface area contributed by atoms with Gasteiger partial charge in [-0.05, 0) is 38.0 Å². The highest BCUT2D eigenvalue weighted by atomic mass is 32.2. The van der Waals surface area contributed by atoms with Crippen molar-refractivity contribution in [2.45, 2.75) is 85.5 Å². The van der Waals surface area contributed by atoms with E-state index in [0.29, 0.717) is 17.5 Å². The Morgan fingerprint density at radius 1 is 1.05 bits per heavy atom. The van der Waals surface area contributed by atoms with E-state index < -0.39 is 0 Å². The van der Waals surface area contributed by atoms with Crippen molar-refractivity contribution >= 4 is 11.8 Å². The van der Waals surface area contributed by atoms with Crippen LogP contribution in [0.15, 0.2) is 47.6 Å². The fourth-order valence-corrected chi connectivity index (χ4v) is 5.54. The van der Waals surface area contributed by atoms with E-state index in [0.717, 1.165) is 51.3 Å². The molecule has 2 aliphatic heterocycles. The Morgan fingerprint density at radius 2 is 1.63 bits per heavy atom. The molecule has 0 bridgehead atoms. The van der Waals surface area contributed by atoms with Gasteiger partial charge in [-0.25, -0.2) is 4.89 Å². The molecule has 0 radical (unpaired) electrons. The molecular weight excluding hydrogens is 502 g/mol. The van der Waals surface area contributed by atoms with Crippen LogP contribution in [0.5, 0.6) is 0 Å². The molecule has 0 unspecified atom stereocenters. The molecule has 1 aromatic heterocycles. The number of rotatable bonds is 5. The molecule has 3 fully saturated rings. The highest BCUT2D eigenvalue weighted by Crippen LogP contribution is 2.49. The van der Waals surface area contributed by atoms with E-state index in [1.165, 1.54) is 10.5 Å². The van der Waals surface area contributed by atoms with Gasteiger partial charge in [-0.1, -0.05) is 59.5 Å². The van der Waals surface area contributed by atoms with Gasteiger partial charge >= 0.3 is 0 Å². The molecule has 224 valence electrons. The summed E-state index contributed by atoms with van der Waals surface area (Å²) in [6.07, 6.45) is 6.05. The van der Waals surface area contributed by atoms with Gasteiger partial charge in [-0.2, -0.15) is 5.10 Å². The standard InChI is InChI=1S/C13H17NO2.C6H10N2S.C6H14N2.3CH4.2H2O/c15-16-12-6-13(7-12)9-14(10-13)8-11-4-2-1-3-5-11;1-3-9-6-4-7-8(2)5-6;1-5-3-7-4-6(2)8-5;;;;;/h1-5,12,15H,6-10H2;4-5H,3H2,1-2H3;5-8H,3-4H2,1-2H3;3*1H4;2*1H2/t;;5-,6+;;;;;. The van der Waals surface area contributed by atoms with Crippen molar-refractivity contribution in [1.82, 2.24) is 25.3 Å². The molecule has 38 heavy (non-hydrogen) atoms. The molecule has 2 atom stereocenters. The van der Waals surface area contributed by atoms with Gasteiger partial charge in [0.2, 0.25) is 0 Å². The molecule has 10 heteroatoms. The minimum Gasteiger partial charge on any atom is -0.412 e. The summed E-state index contributed by atoms with van der Waals surface area (Å²) in [5.74, 6) is 1.12. The average Bonchev–Trinajstić information content (AvgIpc) is 3.15. The molecule has 7 N–H and O–H groups in total. The van der Waals surface area contributed by atoms with E-state index >= 15 is 0 Å². The van der Waals surface area contributed by atoms with E-state index in [4.69, 9.17) is 5.26 Å². The quantitative estimate of drug-likeness (QED) is 0.287. The molecule has 2 aromatic rings. The minimum atomic E-state index is 0. The zero-order valence-electron chi connectivity index (χ0n) is 21.5. The molecule has 1 aromatic carbocycles. The normalized spacial score (nSPS) is 20.9. The minimum absolute atomic E-state index is 0. The predicted molar refractivity (Wildman–Crippen MR) is 163 cm³/mol. The molecular formula is C28H57N5O4S. The Balaban J connectivity index is -0.000000488. The van der Waals surface area contributed by atoms with Crippen LogP contribution in [0, 0.1) is 5.41 Å². The first-order chi connectivity index (χ1) is 15.9. The lowest BCUT2D eigenvalue weighted by Crippen LogP contribution is -2.63. The average molecular weight is 560 g/mol. The van der Waals surface area contributed by atoms with Gasteiger partial charge < -0.3 is 21.6 Å². The van der Waals surface area contributed by atoms with Crippen molar-refractivity contribution in [3.05, 3.63) is 48.3 Å². The fraction of sp³-hybridized carbons (Fsp3) is 0.679. The van der Waals surface area contributed by atoms with Crippen molar-refractivity contribution < 1.29 is 21.1 Å². The third-order valence-corrected chi connectivity index (χ3v) is 7.13. The maximum Gasteiger partial charge on any atom is 0.0939 e. The zero-order valence-corrected chi connectivity index (χ0v) is 22.4. The first-order valence-electron chi connectivity index (χ1n) is 12.1. The van der Waals surface area contributed by atoms with Gasteiger partial charge in [-0.3, -0.25) is 14.8 Å². The second-order valence-electron chi connectivity index (χ2n) is 9.68. The van der Waals surface area contributed by atoms with Crippen molar-refractivity contribution in [1.29, 1.82) is 0 Å². The van der Waals surface area contributed by atoms with Crippen LogP contribution in [0.2, 0.25) is 0 Å². The van der Waals surface area contributed by atoms with Gasteiger partial charge in [0.25, 0.3) is 0 Å². The number of aromatic nitrogens is 2.